The summed E-state index contributed by atoms with van der Waals surface area (Å²) in [4.78, 5) is 7.15. The van der Waals surface area contributed by atoms with Crippen molar-refractivity contribution in [2.24, 2.45) is 21.0 Å². The molecule has 2 aliphatic rings. The monoisotopic (exact) mass is 342 g/mol. The van der Waals surface area contributed by atoms with E-state index in [9.17, 15) is 8.42 Å². The first-order valence-electron chi connectivity index (χ1n) is 8.09. The van der Waals surface area contributed by atoms with Crippen LogP contribution in [0.25, 0.3) is 0 Å². The Morgan fingerprint density at radius 1 is 1.17 bits per heavy atom. The van der Waals surface area contributed by atoms with E-state index < -0.39 is 10.2 Å². The van der Waals surface area contributed by atoms with Crippen LogP contribution in [0.2, 0.25) is 0 Å². The molecule has 0 radical (unpaired) electrons. The predicted molar refractivity (Wildman–Crippen MR) is 94.2 cm³/mol. The van der Waals surface area contributed by atoms with Gasteiger partial charge in [-0.05, 0) is 17.9 Å². The summed E-state index contributed by atoms with van der Waals surface area (Å²) in [5.41, 5.74) is 2.37. The van der Waals surface area contributed by atoms with Crippen molar-refractivity contribution in [3.63, 3.8) is 0 Å². The number of nitrogens with one attached hydrogen (secondary N) is 1. The van der Waals surface area contributed by atoms with Gasteiger partial charge in [-0.1, -0.05) is 41.5 Å². The number of amidine groups is 1. The maximum atomic E-state index is 11.4. The van der Waals surface area contributed by atoms with E-state index in [1.807, 2.05) is 0 Å². The van der Waals surface area contributed by atoms with E-state index in [0.717, 1.165) is 5.84 Å². The Morgan fingerprint density at radius 2 is 1.74 bits per heavy atom. The number of nitrogens with zero attached hydrogens (tertiary/aromatic N) is 2. The van der Waals surface area contributed by atoms with Crippen LogP contribution in [-0.2, 0) is 10.2 Å². The third kappa shape index (κ3) is 3.95. The Labute approximate surface area is 140 Å². The number of aliphatic imine (C=N–C) groups is 1. The van der Waals surface area contributed by atoms with Crippen LogP contribution < -0.4 is 9.86 Å². The Hall–Kier alpha value is -0.920. The van der Waals surface area contributed by atoms with Crippen molar-refractivity contribution in [1.82, 2.24) is 9.62 Å². The van der Waals surface area contributed by atoms with Crippen LogP contribution in [-0.4, -0.2) is 37.8 Å². The van der Waals surface area contributed by atoms with Gasteiger partial charge in [-0.15, -0.1) is 0 Å². The summed E-state index contributed by atoms with van der Waals surface area (Å²) >= 11 is 0. The highest BCUT2D eigenvalue weighted by atomic mass is 32.2. The number of rotatable bonds is 2. The maximum absolute atomic E-state index is 11.4. The van der Waals surface area contributed by atoms with Gasteiger partial charge in [0.25, 0.3) is 10.2 Å². The molecule has 2 atom stereocenters. The fraction of sp³-hybridized carbons (Fsp3) is 0.812. The molecule has 6 nitrogen and oxygen atoms in total. The van der Waals surface area contributed by atoms with Gasteiger partial charge in [0.1, 0.15) is 5.84 Å². The molecule has 1 saturated heterocycles. The molecule has 132 valence electrons. The van der Waals surface area contributed by atoms with Gasteiger partial charge < -0.3 is 4.90 Å². The summed E-state index contributed by atoms with van der Waals surface area (Å²) in [6.45, 7) is 15.7. The second-order valence-corrected chi connectivity index (χ2v) is 9.99. The Balaban J connectivity index is 2.48. The van der Waals surface area contributed by atoms with E-state index in [2.05, 4.69) is 58.1 Å². The highest BCUT2D eigenvalue weighted by molar-refractivity contribution is 7.87. The largest absolute Gasteiger partial charge is 0.332 e. The summed E-state index contributed by atoms with van der Waals surface area (Å²) < 4.78 is 25.4. The van der Waals surface area contributed by atoms with E-state index in [1.165, 1.54) is 11.3 Å². The van der Waals surface area contributed by atoms with Crippen molar-refractivity contribution < 1.29 is 8.42 Å². The van der Waals surface area contributed by atoms with Crippen molar-refractivity contribution >= 4 is 16.0 Å². The molecule has 0 aromatic carbocycles. The molecule has 0 saturated carbocycles. The van der Waals surface area contributed by atoms with Gasteiger partial charge >= 0.3 is 0 Å². The predicted octanol–water partition coefficient (Wildman–Crippen LogP) is 2.00. The standard InChI is InChI=1S/C16H30N4O2S/c1-10-13(15(2,3)4)12-8-11(19-23(17,21)22)9-20(12)14(18-10)16(5,6)7/h10-11,19H,8-9H2,1-7H3,(H2,17,21,22)/t10-,11+/m1/s1. The van der Waals surface area contributed by atoms with Crippen LogP contribution in [0.4, 0.5) is 0 Å². The second kappa shape index (κ2) is 5.57. The highest BCUT2D eigenvalue weighted by Gasteiger charge is 2.42. The Bertz CT molecular complexity index is 651. The zero-order valence-electron chi connectivity index (χ0n) is 15.3. The molecule has 0 aliphatic carbocycles. The topological polar surface area (TPSA) is 87.8 Å². The van der Waals surface area contributed by atoms with Crippen molar-refractivity contribution in [2.75, 3.05) is 6.54 Å². The average molecular weight is 343 g/mol. The van der Waals surface area contributed by atoms with Gasteiger partial charge in [0, 0.05) is 30.1 Å². The molecule has 7 heteroatoms. The van der Waals surface area contributed by atoms with E-state index in [-0.39, 0.29) is 22.9 Å². The fourth-order valence-corrected chi connectivity index (χ4v) is 4.36. The second-order valence-electron chi connectivity index (χ2n) is 8.66. The molecule has 3 N–H and O–H groups in total. The van der Waals surface area contributed by atoms with Crippen molar-refractivity contribution in [3.05, 3.63) is 11.3 Å². The summed E-state index contributed by atoms with van der Waals surface area (Å²) in [6.07, 6.45) is 0.655. The molecular formula is C16H30N4O2S. The lowest BCUT2D eigenvalue weighted by molar-refractivity contribution is 0.393. The Morgan fingerprint density at radius 3 is 2.17 bits per heavy atom. The summed E-state index contributed by atoms with van der Waals surface area (Å²) in [5, 5.41) is 5.17. The van der Waals surface area contributed by atoms with Gasteiger partial charge in [-0.25, -0.2) is 5.14 Å². The van der Waals surface area contributed by atoms with E-state index in [1.54, 1.807) is 0 Å². The summed E-state index contributed by atoms with van der Waals surface area (Å²) in [6, 6.07) is -0.112. The zero-order chi connectivity index (χ0) is 17.8. The quantitative estimate of drug-likeness (QED) is 0.804. The van der Waals surface area contributed by atoms with E-state index in [0.29, 0.717) is 13.0 Å². The molecular weight excluding hydrogens is 312 g/mol. The SMILES string of the molecule is C[C@H]1N=C(C(C)(C)C)N2C[C@@H](NS(N)(=O)=O)CC2=C1C(C)(C)C. The summed E-state index contributed by atoms with van der Waals surface area (Å²) in [7, 11) is -3.71. The molecule has 0 bridgehead atoms. The molecule has 0 aromatic rings. The lowest BCUT2D eigenvalue weighted by atomic mass is 9.79. The zero-order valence-corrected chi connectivity index (χ0v) is 16.1. The van der Waals surface area contributed by atoms with Crippen LogP contribution in [0.3, 0.4) is 0 Å². The minimum atomic E-state index is -3.71. The van der Waals surface area contributed by atoms with Gasteiger partial charge in [0.05, 0.1) is 6.04 Å². The first-order chi connectivity index (χ1) is 10.2. The minimum absolute atomic E-state index is 0.0175. The third-order valence-electron chi connectivity index (χ3n) is 4.28. The van der Waals surface area contributed by atoms with Crippen molar-refractivity contribution in [1.29, 1.82) is 0 Å². The average Bonchev–Trinajstić information content (AvgIpc) is 2.63. The van der Waals surface area contributed by atoms with Crippen LogP contribution in [0.15, 0.2) is 16.3 Å². The van der Waals surface area contributed by atoms with E-state index in [4.69, 9.17) is 10.1 Å². The number of nitrogens with two attached hydrogens (primary N) is 1. The van der Waals surface area contributed by atoms with Crippen molar-refractivity contribution in [2.45, 2.75) is 67.0 Å². The molecule has 1 fully saturated rings. The molecule has 0 unspecified atom stereocenters. The maximum Gasteiger partial charge on any atom is 0.274 e. The van der Waals surface area contributed by atoms with Gasteiger partial charge in [0.15, 0.2) is 0 Å². The van der Waals surface area contributed by atoms with Crippen LogP contribution in [0.5, 0.6) is 0 Å². The normalized spacial score (nSPS) is 26.4. The molecule has 2 rings (SSSR count). The molecule has 0 spiro atoms. The van der Waals surface area contributed by atoms with Gasteiger partial charge in [0.2, 0.25) is 0 Å². The van der Waals surface area contributed by atoms with Crippen LogP contribution in [0, 0.1) is 10.8 Å². The fourth-order valence-electron chi connectivity index (χ4n) is 3.74. The molecule has 2 heterocycles. The first-order valence-corrected chi connectivity index (χ1v) is 9.64. The first kappa shape index (κ1) is 18.4. The highest BCUT2D eigenvalue weighted by Crippen LogP contribution is 2.42. The third-order valence-corrected chi connectivity index (χ3v) is 4.94. The lowest BCUT2D eigenvalue weighted by Crippen LogP contribution is -2.45. The van der Waals surface area contributed by atoms with Gasteiger partial charge in [-0.2, -0.15) is 13.1 Å². The lowest BCUT2D eigenvalue weighted by Gasteiger charge is -2.41. The van der Waals surface area contributed by atoms with Gasteiger partial charge in [-0.3, -0.25) is 4.99 Å². The number of hydrogen-bond donors (Lipinski definition) is 2. The van der Waals surface area contributed by atoms with Crippen LogP contribution >= 0.6 is 0 Å². The molecule has 0 aromatic heterocycles. The minimum Gasteiger partial charge on any atom is -0.332 e. The smallest absolute Gasteiger partial charge is 0.274 e. The molecule has 0 amide bonds. The Kier molecular flexibility index (Phi) is 4.46. The molecule has 2 aliphatic heterocycles. The van der Waals surface area contributed by atoms with Crippen LogP contribution in [0.1, 0.15) is 54.9 Å². The number of fused-ring (bicyclic) bond motifs is 1. The molecule has 23 heavy (non-hydrogen) atoms. The van der Waals surface area contributed by atoms with E-state index >= 15 is 0 Å². The summed E-state index contributed by atoms with van der Waals surface area (Å²) in [5.74, 6) is 1.02. The van der Waals surface area contributed by atoms with Crippen molar-refractivity contribution in [3.8, 4) is 0 Å². The number of hydrogen-bond acceptors (Lipinski definition) is 4.